The summed E-state index contributed by atoms with van der Waals surface area (Å²) in [6, 6.07) is 0. The highest BCUT2D eigenvalue weighted by atomic mass is 31.2. The maximum absolute atomic E-state index is 13.0. The molecule has 90 heavy (non-hydrogen) atoms. The van der Waals surface area contributed by atoms with Crippen LogP contribution < -0.4 is 0 Å². The summed E-state index contributed by atoms with van der Waals surface area (Å²) in [6.07, 6.45) is 51.6. The predicted molar refractivity (Wildman–Crippen MR) is 363 cm³/mol. The fourth-order valence-corrected chi connectivity index (χ4v) is 12.4. The highest BCUT2D eigenvalue weighted by molar-refractivity contribution is 7.47. The van der Waals surface area contributed by atoms with E-state index in [9.17, 15) is 43.2 Å². The van der Waals surface area contributed by atoms with Gasteiger partial charge in [-0.25, -0.2) is 9.13 Å². The molecule has 0 aliphatic rings. The molecule has 0 aliphatic heterocycles. The molecule has 0 aromatic rings. The van der Waals surface area contributed by atoms with Crippen molar-refractivity contribution >= 4 is 39.5 Å². The number of carbonyl (C=O) groups is 4. The summed E-state index contributed by atoms with van der Waals surface area (Å²) in [5, 5.41) is 10.6. The summed E-state index contributed by atoms with van der Waals surface area (Å²) in [7, 11) is -9.89. The topological polar surface area (TPSA) is 237 Å². The monoisotopic (exact) mass is 1320 g/mol. The molecule has 0 saturated carbocycles. The molecule has 2 unspecified atom stereocenters. The Bertz CT molecular complexity index is 1740. The lowest BCUT2D eigenvalue weighted by Crippen LogP contribution is -2.30. The van der Waals surface area contributed by atoms with Crippen LogP contribution in [0, 0.1) is 5.92 Å². The van der Waals surface area contributed by atoms with E-state index >= 15 is 0 Å². The lowest BCUT2D eigenvalue weighted by Gasteiger charge is -2.21. The van der Waals surface area contributed by atoms with Crippen LogP contribution in [0.15, 0.2) is 0 Å². The summed E-state index contributed by atoms with van der Waals surface area (Å²) in [5.41, 5.74) is 0. The molecule has 0 saturated heterocycles. The maximum atomic E-state index is 13.0. The molecule has 0 rings (SSSR count). The number of phosphoric ester groups is 2. The lowest BCUT2D eigenvalue weighted by molar-refractivity contribution is -0.161. The first-order chi connectivity index (χ1) is 43.5. The minimum atomic E-state index is -4.95. The highest BCUT2D eigenvalue weighted by Gasteiger charge is 2.30. The Labute approximate surface area is 549 Å². The van der Waals surface area contributed by atoms with Gasteiger partial charge in [0.15, 0.2) is 12.2 Å². The van der Waals surface area contributed by atoms with Crippen molar-refractivity contribution in [2.75, 3.05) is 39.6 Å². The number of aliphatic hydroxyl groups excluding tert-OH is 1. The van der Waals surface area contributed by atoms with Crippen molar-refractivity contribution in [2.24, 2.45) is 5.92 Å². The van der Waals surface area contributed by atoms with Gasteiger partial charge in [0.2, 0.25) is 0 Å². The number of ether oxygens (including phenoxy) is 4. The number of hydrogen-bond acceptors (Lipinski definition) is 15. The molecule has 0 fully saturated rings. The van der Waals surface area contributed by atoms with Crippen molar-refractivity contribution < 1.29 is 80.2 Å². The van der Waals surface area contributed by atoms with E-state index in [1.54, 1.807) is 0 Å². The number of esters is 4. The quantitative estimate of drug-likeness (QED) is 0.0222. The number of carbonyl (C=O) groups excluding carboxylic acids is 4. The number of aliphatic hydroxyl groups is 1. The zero-order valence-corrected chi connectivity index (χ0v) is 60.1. The molecule has 0 aromatic carbocycles. The summed E-state index contributed by atoms with van der Waals surface area (Å²) in [6.45, 7) is 7.17. The van der Waals surface area contributed by atoms with Crippen molar-refractivity contribution in [3.8, 4) is 0 Å². The average molecular weight is 1330 g/mol. The summed E-state index contributed by atoms with van der Waals surface area (Å²) >= 11 is 0. The van der Waals surface area contributed by atoms with E-state index in [0.717, 1.165) is 96.3 Å². The largest absolute Gasteiger partial charge is 0.472 e. The first kappa shape index (κ1) is 88.1. The van der Waals surface area contributed by atoms with E-state index in [-0.39, 0.29) is 25.7 Å². The number of rotatable bonds is 71. The molecule has 0 radical (unpaired) electrons. The van der Waals surface area contributed by atoms with Crippen molar-refractivity contribution in [1.29, 1.82) is 0 Å². The van der Waals surface area contributed by atoms with E-state index in [0.29, 0.717) is 31.6 Å². The summed E-state index contributed by atoms with van der Waals surface area (Å²) in [4.78, 5) is 72.4. The minimum Gasteiger partial charge on any atom is -0.462 e. The smallest absolute Gasteiger partial charge is 0.462 e. The van der Waals surface area contributed by atoms with Gasteiger partial charge >= 0.3 is 39.5 Å². The van der Waals surface area contributed by atoms with Gasteiger partial charge in [-0.3, -0.25) is 37.3 Å². The van der Waals surface area contributed by atoms with Crippen LogP contribution in [0.4, 0.5) is 0 Å². The molecule has 0 spiro atoms. The van der Waals surface area contributed by atoms with Crippen molar-refractivity contribution in [1.82, 2.24) is 0 Å². The molecular weight excluding hydrogens is 1190 g/mol. The summed E-state index contributed by atoms with van der Waals surface area (Å²) in [5.74, 6) is -1.42. The van der Waals surface area contributed by atoms with Crippen LogP contribution in [0.1, 0.15) is 369 Å². The lowest BCUT2D eigenvalue weighted by atomic mass is 10.0. The van der Waals surface area contributed by atoms with Gasteiger partial charge in [-0.15, -0.1) is 0 Å². The van der Waals surface area contributed by atoms with E-state index in [2.05, 4.69) is 34.6 Å². The van der Waals surface area contributed by atoms with Crippen LogP contribution >= 0.6 is 15.6 Å². The Morgan fingerprint density at radius 3 is 0.756 bits per heavy atom. The second-order valence-electron chi connectivity index (χ2n) is 26.1. The highest BCUT2D eigenvalue weighted by Crippen LogP contribution is 2.45. The third-order valence-corrected chi connectivity index (χ3v) is 18.4. The van der Waals surface area contributed by atoms with E-state index in [1.807, 2.05) is 0 Å². The molecule has 0 bridgehead atoms. The van der Waals surface area contributed by atoms with Gasteiger partial charge in [0.05, 0.1) is 26.4 Å². The third-order valence-electron chi connectivity index (χ3n) is 16.5. The molecule has 0 aromatic heterocycles. The van der Waals surface area contributed by atoms with Gasteiger partial charge in [0.1, 0.15) is 19.3 Å². The molecule has 534 valence electrons. The van der Waals surface area contributed by atoms with Crippen LogP contribution in [0.5, 0.6) is 0 Å². The first-order valence-electron chi connectivity index (χ1n) is 37.1. The first-order valence-corrected chi connectivity index (χ1v) is 40.1. The Balaban J connectivity index is 5.13. The van der Waals surface area contributed by atoms with E-state index in [4.69, 9.17) is 37.0 Å². The van der Waals surface area contributed by atoms with Crippen LogP contribution in [-0.4, -0.2) is 96.7 Å². The second-order valence-corrected chi connectivity index (χ2v) is 29.0. The van der Waals surface area contributed by atoms with Gasteiger partial charge < -0.3 is 33.8 Å². The van der Waals surface area contributed by atoms with Gasteiger partial charge in [0.25, 0.3) is 0 Å². The third kappa shape index (κ3) is 64.8. The van der Waals surface area contributed by atoms with Crippen LogP contribution in [-0.2, 0) is 65.4 Å². The van der Waals surface area contributed by atoms with Gasteiger partial charge in [-0.1, -0.05) is 317 Å². The zero-order valence-electron chi connectivity index (χ0n) is 58.3. The molecule has 0 amide bonds. The maximum Gasteiger partial charge on any atom is 0.472 e. The van der Waals surface area contributed by atoms with Crippen LogP contribution in [0.2, 0.25) is 0 Å². The van der Waals surface area contributed by atoms with Crippen LogP contribution in [0.3, 0.4) is 0 Å². The predicted octanol–water partition coefficient (Wildman–Crippen LogP) is 20.5. The Hall–Kier alpha value is -1.94. The Kier molecular flexibility index (Phi) is 63.0. The molecule has 0 aliphatic carbocycles. The Morgan fingerprint density at radius 1 is 0.300 bits per heavy atom. The van der Waals surface area contributed by atoms with Crippen molar-refractivity contribution in [3.05, 3.63) is 0 Å². The average Bonchev–Trinajstić information content (AvgIpc) is 3.20. The molecule has 19 heteroatoms. The fraction of sp³-hybridized carbons (Fsp3) is 0.944. The fourth-order valence-electron chi connectivity index (χ4n) is 10.8. The van der Waals surface area contributed by atoms with E-state index < -0.39 is 97.5 Å². The van der Waals surface area contributed by atoms with Crippen molar-refractivity contribution in [2.45, 2.75) is 387 Å². The molecule has 5 atom stereocenters. The van der Waals surface area contributed by atoms with E-state index in [1.165, 1.54) is 186 Å². The van der Waals surface area contributed by atoms with Gasteiger partial charge in [0, 0.05) is 25.7 Å². The van der Waals surface area contributed by atoms with Gasteiger partial charge in [-0.2, -0.15) is 0 Å². The Morgan fingerprint density at radius 2 is 0.511 bits per heavy atom. The molecular formula is C71H138O17P2. The number of unbranched alkanes of at least 4 members (excludes halogenated alkanes) is 43. The summed E-state index contributed by atoms with van der Waals surface area (Å²) < 4.78 is 68.2. The van der Waals surface area contributed by atoms with Gasteiger partial charge in [-0.05, 0) is 31.6 Å². The number of phosphoric acid groups is 2. The zero-order chi connectivity index (χ0) is 66.3. The molecule has 0 heterocycles. The van der Waals surface area contributed by atoms with Crippen LogP contribution in [0.25, 0.3) is 0 Å². The SMILES string of the molecule is CCCCCCCCCCCCCCCCCCCCCCCC(=O)O[C@H](COC(=O)CCCCCCCCCC(C)C)COP(=O)(O)OC[C@@H](O)COP(=O)(O)OC[C@@H](COC(=O)CCCCCCCCCCC)OC(=O)CCCCCCCCCCCC. The van der Waals surface area contributed by atoms with Crippen molar-refractivity contribution in [3.63, 3.8) is 0 Å². The number of hydrogen-bond donors (Lipinski definition) is 3. The minimum absolute atomic E-state index is 0.106. The normalized spacial score (nSPS) is 14.1. The molecule has 3 N–H and O–H groups in total. The standard InChI is InChI=1S/C71H138O17P2/c1-6-9-12-15-18-21-23-24-25-26-27-28-29-30-31-32-33-36-41-47-52-57-71(76)88-67(61-82-69(74)55-50-45-42-37-38-43-48-53-64(4)5)63-86-90(79,80)84-59-65(72)58-83-89(77,78)85-62-66(60-81-68(73)54-49-44-39-34-20-17-14-11-8-3)87-70(75)56-51-46-40-35-22-19-16-13-10-7-2/h64-67,72H,6-63H2,1-5H3,(H,77,78)(H,79,80)/t65-,66+,67+/m0/s1. The second kappa shape index (κ2) is 64.4. The molecule has 17 nitrogen and oxygen atoms in total.